The lowest BCUT2D eigenvalue weighted by molar-refractivity contribution is -0.150. The summed E-state index contributed by atoms with van der Waals surface area (Å²) in [5, 5.41) is 0.413. The zero-order chi connectivity index (χ0) is 18.7. The predicted octanol–water partition coefficient (Wildman–Crippen LogP) is 4.10. The van der Waals surface area contributed by atoms with Crippen LogP contribution in [-0.4, -0.2) is 18.7 Å². The monoisotopic (exact) mass is 352 g/mol. The maximum absolute atomic E-state index is 13.1. The normalized spacial score (nSPS) is 12.0. The number of benzene rings is 2. The van der Waals surface area contributed by atoms with Crippen LogP contribution in [0.4, 0.5) is 0 Å². The van der Waals surface area contributed by atoms with Crippen molar-refractivity contribution in [3.8, 4) is 17.1 Å². The van der Waals surface area contributed by atoms with E-state index in [2.05, 4.69) is 0 Å². The minimum atomic E-state index is -0.928. The quantitative estimate of drug-likeness (QED) is 0.647. The summed E-state index contributed by atoms with van der Waals surface area (Å²) in [6, 6.07) is 14.6. The summed E-state index contributed by atoms with van der Waals surface area (Å²) in [7, 11) is 0. The van der Waals surface area contributed by atoms with Crippen molar-refractivity contribution < 1.29 is 18.7 Å². The second-order valence-electron chi connectivity index (χ2n) is 5.97. The van der Waals surface area contributed by atoms with E-state index in [-0.39, 0.29) is 17.8 Å². The van der Waals surface area contributed by atoms with Gasteiger partial charge in [-0.15, -0.1) is 0 Å². The van der Waals surface area contributed by atoms with Gasteiger partial charge >= 0.3 is 5.97 Å². The van der Waals surface area contributed by atoms with Crippen molar-refractivity contribution in [2.75, 3.05) is 6.61 Å². The highest BCUT2D eigenvalue weighted by atomic mass is 16.6. The smallest absolute Gasteiger partial charge is 0.347 e. The van der Waals surface area contributed by atoms with Crippen molar-refractivity contribution in [1.82, 2.24) is 0 Å². The Morgan fingerprint density at radius 3 is 2.58 bits per heavy atom. The van der Waals surface area contributed by atoms with Crippen LogP contribution in [0.3, 0.4) is 0 Å². The third-order valence-electron chi connectivity index (χ3n) is 3.95. The van der Waals surface area contributed by atoms with E-state index in [1.54, 1.807) is 26.0 Å². The number of hydrogen-bond donors (Lipinski definition) is 0. The van der Waals surface area contributed by atoms with E-state index in [4.69, 9.17) is 13.9 Å². The Morgan fingerprint density at radius 2 is 1.88 bits per heavy atom. The molecule has 0 aliphatic carbocycles. The maximum Gasteiger partial charge on any atom is 0.347 e. The first-order valence-corrected chi connectivity index (χ1v) is 8.47. The van der Waals surface area contributed by atoms with Gasteiger partial charge in [0.2, 0.25) is 11.2 Å². The predicted molar refractivity (Wildman–Crippen MR) is 99.4 cm³/mol. The molecule has 0 aliphatic rings. The molecule has 0 amide bonds. The fourth-order valence-corrected chi connectivity index (χ4v) is 2.66. The van der Waals surface area contributed by atoms with E-state index in [1.165, 1.54) is 0 Å². The van der Waals surface area contributed by atoms with Gasteiger partial charge in [-0.25, -0.2) is 4.79 Å². The number of carbonyl (C=O) groups is 1. The molecule has 5 nitrogen and oxygen atoms in total. The summed E-state index contributed by atoms with van der Waals surface area (Å²) < 4.78 is 16.7. The third-order valence-corrected chi connectivity index (χ3v) is 3.95. The number of hydrogen-bond acceptors (Lipinski definition) is 5. The lowest BCUT2D eigenvalue weighted by atomic mass is 10.1. The molecular formula is C21H20O5. The van der Waals surface area contributed by atoms with Gasteiger partial charge in [-0.05, 0) is 32.9 Å². The Balaban J connectivity index is 2.19. The van der Waals surface area contributed by atoms with Gasteiger partial charge in [-0.1, -0.05) is 42.0 Å². The van der Waals surface area contributed by atoms with Crippen molar-refractivity contribution in [3.63, 3.8) is 0 Å². The number of carbonyl (C=O) groups excluding carboxylic acids is 1. The number of fused-ring (bicyclic) bond motifs is 1. The van der Waals surface area contributed by atoms with Crippen LogP contribution in [0.1, 0.15) is 19.4 Å². The lowest BCUT2D eigenvalue weighted by Crippen LogP contribution is -2.28. The topological polar surface area (TPSA) is 65.7 Å². The number of ether oxygens (including phenoxy) is 2. The Labute approximate surface area is 151 Å². The van der Waals surface area contributed by atoms with Crippen LogP contribution in [-0.2, 0) is 9.53 Å². The molecule has 5 heteroatoms. The summed E-state index contributed by atoms with van der Waals surface area (Å²) in [4.78, 5) is 25.0. The molecule has 0 saturated carbocycles. The van der Waals surface area contributed by atoms with Gasteiger partial charge in [0.15, 0.2) is 11.9 Å². The Bertz CT molecular complexity index is 988. The summed E-state index contributed by atoms with van der Waals surface area (Å²) in [6.07, 6.45) is -0.928. The van der Waals surface area contributed by atoms with Crippen molar-refractivity contribution in [2.45, 2.75) is 26.9 Å². The van der Waals surface area contributed by atoms with Gasteiger partial charge in [0.1, 0.15) is 5.58 Å². The van der Waals surface area contributed by atoms with Gasteiger partial charge in [-0.2, -0.15) is 0 Å². The molecule has 0 spiro atoms. The largest absolute Gasteiger partial charge is 0.471 e. The molecule has 3 rings (SSSR count). The zero-order valence-corrected chi connectivity index (χ0v) is 14.9. The summed E-state index contributed by atoms with van der Waals surface area (Å²) in [5.74, 6) is -0.229. The highest BCUT2D eigenvalue weighted by Crippen LogP contribution is 2.31. The van der Waals surface area contributed by atoms with Crippen LogP contribution < -0.4 is 10.2 Å². The Morgan fingerprint density at radius 1 is 1.15 bits per heavy atom. The average Bonchev–Trinajstić information content (AvgIpc) is 2.65. The van der Waals surface area contributed by atoms with E-state index in [0.29, 0.717) is 22.3 Å². The first-order valence-electron chi connectivity index (χ1n) is 8.47. The van der Waals surface area contributed by atoms with Crippen LogP contribution >= 0.6 is 0 Å². The molecule has 1 heterocycles. The van der Waals surface area contributed by atoms with Crippen LogP contribution in [0.2, 0.25) is 0 Å². The van der Waals surface area contributed by atoms with Gasteiger partial charge < -0.3 is 13.9 Å². The maximum atomic E-state index is 13.1. The lowest BCUT2D eigenvalue weighted by Gasteiger charge is -2.16. The van der Waals surface area contributed by atoms with E-state index in [9.17, 15) is 9.59 Å². The molecule has 0 saturated heterocycles. The summed E-state index contributed by atoms with van der Waals surface area (Å²) in [5.41, 5.74) is 1.78. The van der Waals surface area contributed by atoms with Crippen LogP contribution in [0.15, 0.2) is 57.7 Å². The molecule has 3 aromatic rings. The summed E-state index contributed by atoms with van der Waals surface area (Å²) >= 11 is 0. The molecule has 0 fully saturated rings. The fraction of sp³-hybridized carbons (Fsp3) is 0.238. The standard InChI is InChI=1S/C21H20O5/c1-4-24-21(23)14(3)25-20-18(22)16-12-13(2)10-11-17(16)26-19(20)15-8-6-5-7-9-15/h5-12,14H,4H2,1-3H3/t14-/m1/s1. The van der Waals surface area contributed by atoms with E-state index in [0.717, 1.165) is 5.56 Å². The van der Waals surface area contributed by atoms with Crippen molar-refractivity contribution in [1.29, 1.82) is 0 Å². The van der Waals surface area contributed by atoms with E-state index < -0.39 is 12.1 Å². The van der Waals surface area contributed by atoms with Crippen LogP contribution in [0, 0.1) is 6.92 Å². The fourth-order valence-electron chi connectivity index (χ4n) is 2.66. The first kappa shape index (κ1) is 17.7. The van der Waals surface area contributed by atoms with Gasteiger partial charge in [0, 0.05) is 5.56 Å². The second kappa shape index (κ2) is 7.44. The highest BCUT2D eigenvalue weighted by molar-refractivity contribution is 5.83. The molecule has 1 aromatic heterocycles. The van der Waals surface area contributed by atoms with Crippen molar-refractivity contribution in [2.24, 2.45) is 0 Å². The molecule has 1 atom stereocenters. The number of rotatable bonds is 5. The second-order valence-corrected chi connectivity index (χ2v) is 5.97. The van der Waals surface area contributed by atoms with Crippen molar-refractivity contribution >= 4 is 16.9 Å². The molecule has 0 bridgehead atoms. The SMILES string of the molecule is CCOC(=O)[C@@H](C)Oc1c(-c2ccccc2)oc2ccc(C)cc2c1=O. The van der Waals surface area contributed by atoms with Gasteiger partial charge in [0.25, 0.3) is 0 Å². The first-order chi connectivity index (χ1) is 12.5. The Kier molecular flexibility index (Phi) is 5.07. The van der Waals surface area contributed by atoms with E-state index in [1.807, 2.05) is 43.3 Å². The molecule has 0 aliphatic heterocycles. The summed E-state index contributed by atoms with van der Waals surface area (Å²) in [6.45, 7) is 5.40. The number of esters is 1. The molecule has 2 aromatic carbocycles. The third kappa shape index (κ3) is 3.47. The highest BCUT2D eigenvalue weighted by Gasteiger charge is 2.23. The molecule has 26 heavy (non-hydrogen) atoms. The zero-order valence-electron chi connectivity index (χ0n) is 14.9. The van der Waals surface area contributed by atoms with Gasteiger partial charge in [0.05, 0.1) is 12.0 Å². The molecule has 0 unspecified atom stereocenters. The van der Waals surface area contributed by atoms with Crippen LogP contribution in [0.25, 0.3) is 22.3 Å². The minimum absolute atomic E-state index is 0.00912. The van der Waals surface area contributed by atoms with Crippen LogP contribution in [0.5, 0.6) is 5.75 Å². The average molecular weight is 352 g/mol. The minimum Gasteiger partial charge on any atom is -0.471 e. The molecular weight excluding hydrogens is 332 g/mol. The number of aryl methyl sites for hydroxylation is 1. The van der Waals surface area contributed by atoms with Crippen molar-refractivity contribution in [3.05, 3.63) is 64.3 Å². The Hall–Kier alpha value is -3.08. The molecule has 0 radical (unpaired) electrons. The molecule has 0 N–H and O–H groups in total. The molecule has 134 valence electrons. The van der Waals surface area contributed by atoms with E-state index >= 15 is 0 Å². The van der Waals surface area contributed by atoms with Gasteiger partial charge in [-0.3, -0.25) is 4.79 Å².